The van der Waals surface area contributed by atoms with Gasteiger partial charge in [0.2, 0.25) is 0 Å². The molecule has 22 heavy (non-hydrogen) atoms. The molecule has 0 spiro atoms. The van der Waals surface area contributed by atoms with Gasteiger partial charge in [-0.1, -0.05) is 54.1 Å². The summed E-state index contributed by atoms with van der Waals surface area (Å²) in [5, 5.41) is 0.712. The molecule has 1 fully saturated rings. The van der Waals surface area contributed by atoms with Crippen molar-refractivity contribution in [2.24, 2.45) is 5.92 Å². The van der Waals surface area contributed by atoms with E-state index in [1.165, 1.54) is 5.56 Å². The standard InChI is InChI=1S/C18H17ClO2S/c19-15-8-6-14(7-9-15)16-10-21-18(20)17(16)12-22-11-13-4-2-1-3-5-13/h1-9,16-17H,10-12H2. The molecule has 2 nitrogen and oxygen atoms in total. The number of cyclic esters (lactones) is 1. The Balaban J connectivity index is 1.62. The van der Waals surface area contributed by atoms with E-state index in [9.17, 15) is 4.79 Å². The molecule has 0 saturated carbocycles. The maximum atomic E-state index is 12.0. The van der Waals surface area contributed by atoms with E-state index in [0.29, 0.717) is 11.6 Å². The van der Waals surface area contributed by atoms with Gasteiger partial charge in [0.25, 0.3) is 0 Å². The summed E-state index contributed by atoms with van der Waals surface area (Å²) in [5.41, 5.74) is 2.41. The molecule has 2 atom stereocenters. The number of benzene rings is 2. The number of carbonyl (C=O) groups excluding carboxylic acids is 1. The van der Waals surface area contributed by atoms with Crippen LogP contribution in [0.1, 0.15) is 17.0 Å². The van der Waals surface area contributed by atoms with Gasteiger partial charge in [0.15, 0.2) is 0 Å². The smallest absolute Gasteiger partial charge is 0.310 e. The fourth-order valence-electron chi connectivity index (χ4n) is 2.66. The summed E-state index contributed by atoms with van der Waals surface area (Å²) < 4.78 is 5.28. The molecule has 2 aromatic rings. The summed E-state index contributed by atoms with van der Waals surface area (Å²) in [6, 6.07) is 18.0. The third-order valence-electron chi connectivity index (χ3n) is 3.90. The number of thioether (sulfide) groups is 1. The van der Waals surface area contributed by atoms with Crippen molar-refractivity contribution >= 4 is 29.3 Å². The first kappa shape index (κ1) is 15.4. The van der Waals surface area contributed by atoms with Crippen molar-refractivity contribution in [2.45, 2.75) is 11.7 Å². The van der Waals surface area contributed by atoms with Gasteiger partial charge in [-0.25, -0.2) is 0 Å². The zero-order chi connectivity index (χ0) is 15.4. The predicted molar refractivity (Wildman–Crippen MR) is 91.2 cm³/mol. The van der Waals surface area contributed by atoms with E-state index in [1.807, 2.05) is 42.5 Å². The second kappa shape index (κ2) is 7.21. The topological polar surface area (TPSA) is 26.3 Å². The highest BCUT2D eigenvalue weighted by atomic mass is 35.5. The van der Waals surface area contributed by atoms with Crippen LogP contribution in [0.3, 0.4) is 0 Å². The van der Waals surface area contributed by atoms with E-state index in [4.69, 9.17) is 16.3 Å². The molecule has 1 aliphatic rings. The zero-order valence-corrected chi connectivity index (χ0v) is 13.6. The van der Waals surface area contributed by atoms with Crippen molar-refractivity contribution in [3.05, 3.63) is 70.7 Å². The quantitative estimate of drug-likeness (QED) is 0.752. The number of hydrogen-bond acceptors (Lipinski definition) is 3. The van der Waals surface area contributed by atoms with Crippen molar-refractivity contribution < 1.29 is 9.53 Å². The molecule has 1 heterocycles. The second-order valence-electron chi connectivity index (χ2n) is 5.40. The normalized spacial score (nSPS) is 20.9. The van der Waals surface area contributed by atoms with E-state index < -0.39 is 0 Å². The number of ether oxygens (including phenoxy) is 1. The minimum Gasteiger partial charge on any atom is -0.465 e. The minimum atomic E-state index is -0.0829. The molecule has 0 radical (unpaired) electrons. The lowest BCUT2D eigenvalue weighted by Crippen LogP contribution is -2.17. The van der Waals surface area contributed by atoms with Crippen molar-refractivity contribution in [2.75, 3.05) is 12.4 Å². The molecule has 0 aliphatic carbocycles. The van der Waals surface area contributed by atoms with Crippen LogP contribution in [0, 0.1) is 5.92 Å². The zero-order valence-electron chi connectivity index (χ0n) is 12.1. The number of carbonyl (C=O) groups is 1. The number of halogens is 1. The van der Waals surface area contributed by atoms with Gasteiger partial charge >= 0.3 is 5.97 Å². The van der Waals surface area contributed by atoms with E-state index in [-0.39, 0.29) is 17.8 Å². The molecule has 4 heteroatoms. The van der Waals surface area contributed by atoms with Gasteiger partial charge in [-0.2, -0.15) is 11.8 Å². The molecule has 0 bridgehead atoms. The Hall–Kier alpha value is -1.45. The van der Waals surface area contributed by atoms with Crippen molar-refractivity contribution in [3.8, 4) is 0 Å². The average Bonchev–Trinajstić information content (AvgIpc) is 2.90. The predicted octanol–water partition coefficient (Wildman–Crippen LogP) is 4.53. The van der Waals surface area contributed by atoms with Crippen LogP contribution in [0.15, 0.2) is 54.6 Å². The minimum absolute atomic E-state index is 0.0742. The molecule has 1 saturated heterocycles. The lowest BCUT2D eigenvalue weighted by molar-refractivity contribution is -0.140. The Kier molecular flexibility index (Phi) is 5.06. The number of rotatable bonds is 5. The van der Waals surface area contributed by atoms with Crippen molar-refractivity contribution in [1.82, 2.24) is 0 Å². The Morgan fingerprint density at radius 1 is 1.09 bits per heavy atom. The van der Waals surface area contributed by atoms with Gasteiger partial charge in [0.1, 0.15) is 0 Å². The van der Waals surface area contributed by atoms with Crippen LogP contribution in [-0.4, -0.2) is 18.3 Å². The molecular formula is C18H17ClO2S. The Morgan fingerprint density at radius 2 is 1.82 bits per heavy atom. The Morgan fingerprint density at radius 3 is 2.55 bits per heavy atom. The van der Waals surface area contributed by atoms with Crippen LogP contribution >= 0.6 is 23.4 Å². The maximum Gasteiger partial charge on any atom is 0.310 e. The summed E-state index contributed by atoms with van der Waals surface area (Å²) in [4.78, 5) is 12.0. The van der Waals surface area contributed by atoms with Gasteiger partial charge in [-0.15, -0.1) is 0 Å². The van der Waals surface area contributed by atoms with Crippen LogP contribution in [0.25, 0.3) is 0 Å². The maximum absolute atomic E-state index is 12.0. The highest BCUT2D eigenvalue weighted by Crippen LogP contribution is 2.35. The van der Waals surface area contributed by atoms with Crippen LogP contribution in [0.2, 0.25) is 5.02 Å². The highest BCUT2D eigenvalue weighted by molar-refractivity contribution is 7.98. The molecular weight excluding hydrogens is 316 g/mol. The number of hydrogen-bond donors (Lipinski definition) is 0. The molecule has 0 aromatic heterocycles. The molecule has 3 rings (SSSR count). The summed E-state index contributed by atoms with van der Waals surface area (Å²) in [5.74, 6) is 1.67. The first-order valence-corrected chi connectivity index (χ1v) is 8.81. The van der Waals surface area contributed by atoms with Crippen LogP contribution in [0.5, 0.6) is 0 Å². The van der Waals surface area contributed by atoms with E-state index in [0.717, 1.165) is 17.1 Å². The first-order valence-electron chi connectivity index (χ1n) is 7.28. The van der Waals surface area contributed by atoms with Crippen LogP contribution in [-0.2, 0) is 15.3 Å². The molecule has 1 aliphatic heterocycles. The lowest BCUT2D eigenvalue weighted by atomic mass is 9.90. The SMILES string of the molecule is O=C1OCC(c2ccc(Cl)cc2)C1CSCc1ccccc1. The van der Waals surface area contributed by atoms with Gasteiger partial charge < -0.3 is 4.74 Å². The molecule has 114 valence electrons. The average molecular weight is 333 g/mol. The highest BCUT2D eigenvalue weighted by Gasteiger charge is 2.37. The first-order chi connectivity index (χ1) is 10.7. The van der Waals surface area contributed by atoms with Gasteiger partial charge in [-0.05, 0) is 23.3 Å². The summed E-state index contributed by atoms with van der Waals surface area (Å²) in [6.07, 6.45) is 0. The van der Waals surface area contributed by atoms with E-state index in [2.05, 4.69) is 12.1 Å². The monoisotopic (exact) mass is 332 g/mol. The lowest BCUT2D eigenvalue weighted by Gasteiger charge is -2.15. The largest absolute Gasteiger partial charge is 0.465 e. The molecule has 0 N–H and O–H groups in total. The summed E-state index contributed by atoms with van der Waals surface area (Å²) >= 11 is 7.71. The Bertz CT molecular complexity index is 627. The number of esters is 1. The van der Waals surface area contributed by atoms with E-state index >= 15 is 0 Å². The Labute approximate surface area is 139 Å². The third kappa shape index (κ3) is 3.65. The molecule has 0 amide bonds. The van der Waals surface area contributed by atoms with Gasteiger partial charge in [-0.3, -0.25) is 4.79 Å². The van der Waals surface area contributed by atoms with Crippen molar-refractivity contribution in [1.29, 1.82) is 0 Å². The summed E-state index contributed by atoms with van der Waals surface area (Å²) in [7, 11) is 0. The van der Waals surface area contributed by atoms with E-state index in [1.54, 1.807) is 11.8 Å². The molecule has 2 aromatic carbocycles. The fourth-order valence-corrected chi connectivity index (χ4v) is 3.95. The van der Waals surface area contributed by atoms with Crippen LogP contribution in [0.4, 0.5) is 0 Å². The third-order valence-corrected chi connectivity index (χ3v) is 5.28. The molecule has 2 unspecified atom stereocenters. The second-order valence-corrected chi connectivity index (χ2v) is 6.86. The van der Waals surface area contributed by atoms with Gasteiger partial charge in [0.05, 0.1) is 12.5 Å². The van der Waals surface area contributed by atoms with Gasteiger partial charge in [0, 0.05) is 22.4 Å². The van der Waals surface area contributed by atoms with Crippen molar-refractivity contribution in [3.63, 3.8) is 0 Å². The fraction of sp³-hybridized carbons (Fsp3) is 0.278. The van der Waals surface area contributed by atoms with Crippen LogP contribution < -0.4 is 0 Å². The summed E-state index contributed by atoms with van der Waals surface area (Å²) in [6.45, 7) is 0.469.